The second-order valence-corrected chi connectivity index (χ2v) is 8.57. The van der Waals surface area contributed by atoms with Crippen molar-refractivity contribution in [3.05, 3.63) is 92.9 Å². The number of benzene rings is 3. The fourth-order valence-electron chi connectivity index (χ4n) is 3.92. The summed E-state index contributed by atoms with van der Waals surface area (Å²) in [4.78, 5) is 24.3. The highest BCUT2D eigenvalue weighted by Gasteiger charge is 2.20. The lowest BCUT2D eigenvalue weighted by Crippen LogP contribution is -2.10. The van der Waals surface area contributed by atoms with E-state index in [1.54, 1.807) is 24.3 Å². The molecule has 0 radical (unpaired) electrons. The van der Waals surface area contributed by atoms with E-state index in [4.69, 9.17) is 21.0 Å². The summed E-state index contributed by atoms with van der Waals surface area (Å²) in [6, 6.07) is 18.6. The van der Waals surface area contributed by atoms with Gasteiger partial charge in [-0.05, 0) is 56.1 Å². The van der Waals surface area contributed by atoms with Crippen molar-refractivity contribution in [1.82, 2.24) is 14.9 Å². The van der Waals surface area contributed by atoms with Crippen molar-refractivity contribution in [1.29, 1.82) is 0 Å². The number of aromatic hydroxyl groups is 1. The van der Waals surface area contributed by atoms with Gasteiger partial charge in [0.25, 0.3) is 0 Å². The quantitative estimate of drug-likeness (QED) is 0.314. The van der Waals surface area contributed by atoms with Gasteiger partial charge < -0.3 is 19.4 Å². The molecule has 0 spiro atoms. The van der Waals surface area contributed by atoms with Gasteiger partial charge in [0, 0.05) is 22.5 Å². The van der Waals surface area contributed by atoms with Crippen LogP contribution in [0.25, 0.3) is 22.0 Å². The maximum atomic E-state index is 11.6. The molecule has 166 valence electrons. The molecular weight excluding hydrogens is 440 g/mol. The third-order valence-corrected chi connectivity index (χ3v) is 5.58. The molecule has 2 aromatic heterocycles. The van der Waals surface area contributed by atoms with Gasteiger partial charge in [-0.2, -0.15) is 0 Å². The summed E-state index contributed by atoms with van der Waals surface area (Å²) in [6.07, 6.45) is 0. The second-order valence-electron chi connectivity index (χ2n) is 8.13. The Morgan fingerprint density at radius 1 is 1.03 bits per heavy atom. The van der Waals surface area contributed by atoms with E-state index in [1.807, 2.05) is 50.5 Å². The fourth-order valence-corrected chi connectivity index (χ4v) is 4.09. The molecule has 3 N–H and O–H groups in total. The number of hydrogen-bond acceptors (Lipinski definition) is 5. The summed E-state index contributed by atoms with van der Waals surface area (Å²) >= 11 is 6.14. The fraction of sp³-hybridized carbons (Fsp3) is 0.120. The number of nitrogens with one attached hydrogen (secondary N) is 2. The van der Waals surface area contributed by atoms with Gasteiger partial charge in [-0.25, -0.2) is 9.79 Å². The van der Waals surface area contributed by atoms with E-state index < -0.39 is 5.76 Å². The number of aromatic nitrogens is 2. The Bertz CT molecular complexity index is 1560. The Balaban J connectivity index is 1.71. The maximum Gasteiger partial charge on any atom is 0.417 e. The summed E-state index contributed by atoms with van der Waals surface area (Å²) < 4.78 is 5.25. The van der Waals surface area contributed by atoms with Crippen LogP contribution < -0.4 is 5.76 Å². The number of aliphatic imine (C=N–C) groups is 1. The lowest BCUT2D eigenvalue weighted by atomic mass is 10.0. The van der Waals surface area contributed by atoms with E-state index in [2.05, 4.69) is 14.9 Å². The van der Waals surface area contributed by atoms with Gasteiger partial charge in [0.2, 0.25) is 0 Å². The molecule has 7 nitrogen and oxygen atoms in total. The van der Waals surface area contributed by atoms with Gasteiger partial charge in [-0.1, -0.05) is 35.9 Å². The number of oxazole rings is 1. The van der Waals surface area contributed by atoms with E-state index >= 15 is 0 Å². The molecule has 0 aliphatic heterocycles. The molecule has 0 aliphatic carbocycles. The van der Waals surface area contributed by atoms with Crippen LogP contribution in [0.4, 0.5) is 5.69 Å². The maximum absolute atomic E-state index is 11.6. The van der Waals surface area contributed by atoms with Crippen molar-refractivity contribution in [2.45, 2.75) is 6.54 Å². The summed E-state index contributed by atoms with van der Waals surface area (Å²) in [5, 5.41) is 12.2. The Kier molecular flexibility index (Phi) is 5.28. The molecule has 0 bridgehead atoms. The van der Waals surface area contributed by atoms with Crippen molar-refractivity contribution in [2.75, 3.05) is 14.1 Å². The molecule has 0 atom stereocenters. The van der Waals surface area contributed by atoms with Gasteiger partial charge in [0.05, 0.1) is 28.0 Å². The summed E-state index contributed by atoms with van der Waals surface area (Å²) in [6.45, 7) is 0.823. The monoisotopic (exact) mass is 460 g/mol. The molecule has 0 fully saturated rings. The van der Waals surface area contributed by atoms with E-state index in [-0.39, 0.29) is 5.88 Å². The normalized spacial score (nSPS) is 12.3. The number of H-pyrrole nitrogens is 2. The number of fused-ring (bicyclic) bond motifs is 2. The van der Waals surface area contributed by atoms with Crippen LogP contribution in [0.1, 0.15) is 16.7 Å². The van der Waals surface area contributed by atoms with Crippen LogP contribution in [0.5, 0.6) is 5.88 Å². The van der Waals surface area contributed by atoms with Gasteiger partial charge in [-0.3, -0.25) is 4.98 Å². The summed E-state index contributed by atoms with van der Waals surface area (Å²) in [7, 11) is 4.04. The number of halogens is 1. The van der Waals surface area contributed by atoms with Crippen LogP contribution in [0.15, 0.2) is 74.9 Å². The predicted molar refractivity (Wildman–Crippen MR) is 131 cm³/mol. The Labute approximate surface area is 194 Å². The minimum absolute atomic E-state index is 0.0223. The van der Waals surface area contributed by atoms with Crippen molar-refractivity contribution < 1.29 is 9.52 Å². The van der Waals surface area contributed by atoms with Crippen LogP contribution in [-0.4, -0.2) is 39.8 Å². The zero-order valence-corrected chi connectivity index (χ0v) is 18.8. The first kappa shape index (κ1) is 21.1. The molecule has 0 aliphatic rings. The minimum atomic E-state index is -0.526. The predicted octanol–water partition coefficient (Wildman–Crippen LogP) is 5.19. The van der Waals surface area contributed by atoms with Crippen LogP contribution in [0, 0.1) is 0 Å². The summed E-state index contributed by atoms with van der Waals surface area (Å²) in [5.41, 5.74) is 5.35. The highest BCUT2D eigenvalue weighted by Crippen LogP contribution is 2.33. The number of aromatic amines is 2. The average molecular weight is 461 g/mol. The van der Waals surface area contributed by atoms with Gasteiger partial charge in [-0.15, -0.1) is 0 Å². The Morgan fingerprint density at radius 3 is 2.58 bits per heavy atom. The first-order valence-electron chi connectivity index (χ1n) is 10.3. The van der Waals surface area contributed by atoms with Crippen molar-refractivity contribution in [3.63, 3.8) is 0 Å². The summed E-state index contributed by atoms with van der Waals surface area (Å²) in [5.74, 6) is -0.549. The topological polar surface area (TPSA) is 97.6 Å². The molecule has 8 heteroatoms. The van der Waals surface area contributed by atoms with E-state index in [1.165, 1.54) is 5.56 Å². The Morgan fingerprint density at radius 2 is 1.82 bits per heavy atom. The minimum Gasteiger partial charge on any atom is -0.494 e. The molecule has 33 heavy (non-hydrogen) atoms. The van der Waals surface area contributed by atoms with Crippen molar-refractivity contribution in [2.24, 2.45) is 4.99 Å². The largest absolute Gasteiger partial charge is 0.494 e. The average Bonchev–Trinajstić information content (AvgIpc) is 3.29. The highest BCUT2D eigenvalue weighted by atomic mass is 35.5. The molecule has 0 amide bonds. The molecule has 2 heterocycles. The molecule has 0 unspecified atom stereocenters. The SMILES string of the molecule is CN(C)Cc1ccc(N=C(c2ccc3[nH]c(=O)oc3c2)c2c(O)[nH]c3cc(Cl)ccc23)cc1. The smallest absolute Gasteiger partial charge is 0.417 e. The molecule has 3 aromatic carbocycles. The number of rotatable bonds is 5. The van der Waals surface area contributed by atoms with Crippen LogP contribution in [0.2, 0.25) is 5.02 Å². The molecule has 0 saturated carbocycles. The first-order chi connectivity index (χ1) is 15.9. The third-order valence-electron chi connectivity index (χ3n) is 5.35. The number of hydrogen-bond donors (Lipinski definition) is 3. The van der Waals surface area contributed by atoms with Crippen LogP contribution in [-0.2, 0) is 6.54 Å². The van der Waals surface area contributed by atoms with Gasteiger partial charge >= 0.3 is 5.76 Å². The van der Waals surface area contributed by atoms with E-state index in [9.17, 15) is 9.90 Å². The van der Waals surface area contributed by atoms with Crippen molar-refractivity contribution >= 4 is 45.0 Å². The second kappa shape index (κ2) is 8.27. The lowest BCUT2D eigenvalue weighted by molar-refractivity contribution is 0.402. The van der Waals surface area contributed by atoms with E-state index in [0.29, 0.717) is 38.5 Å². The van der Waals surface area contributed by atoms with Crippen LogP contribution >= 0.6 is 11.6 Å². The van der Waals surface area contributed by atoms with Gasteiger partial charge in [0.15, 0.2) is 11.5 Å². The molecule has 0 saturated heterocycles. The molecule has 5 rings (SSSR count). The van der Waals surface area contributed by atoms with Crippen LogP contribution in [0.3, 0.4) is 0 Å². The zero-order chi connectivity index (χ0) is 23.1. The van der Waals surface area contributed by atoms with Gasteiger partial charge in [0.1, 0.15) is 0 Å². The first-order valence-corrected chi connectivity index (χ1v) is 10.7. The number of nitrogens with zero attached hydrogens (tertiary/aromatic N) is 2. The standard InChI is InChI=1S/C25H21ClN4O3/c1-30(2)13-14-3-7-17(8-4-14)27-23(15-5-10-19-21(11-15)33-25(32)29-19)22-18-9-6-16(26)12-20(18)28-24(22)31/h3-12,28,31H,13H2,1-2H3,(H,29,32). The van der Waals surface area contributed by atoms with E-state index in [0.717, 1.165) is 17.6 Å². The highest BCUT2D eigenvalue weighted by molar-refractivity contribution is 6.31. The molecular formula is C25H21ClN4O3. The lowest BCUT2D eigenvalue weighted by Gasteiger charge is -2.10. The molecule has 5 aromatic rings. The van der Waals surface area contributed by atoms with Crippen molar-refractivity contribution in [3.8, 4) is 5.88 Å². The third kappa shape index (κ3) is 4.16. The zero-order valence-electron chi connectivity index (χ0n) is 18.0. The Hall–Kier alpha value is -3.81.